The van der Waals surface area contributed by atoms with Crippen LogP contribution in [0.4, 0.5) is 0 Å². The minimum Gasteiger partial charge on any atom is -0.507 e. The number of halogens is 1. The van der Waals surface area contributed by atoms with Gasteiger partial charge in [-0.1, -0.05) is 0 Å². The molecule has 0 saturated heterocycles. The topological polar surface area (TPSA) is 32.3 Å². The fourth-order valence-electron chi connectivity index (χ4n) is 0.0945. The number of rotatable bonds is 2. The molecule has 0 atom stereocenters. The zero-order chi connectivity index (χ0) is 5.91. The Morgan fingerprint density at radius 1 is 1.43 bits per heavy atom. The van der Waals surface area contributed by atoms with E-state index in [0.717, 1.165) is 0 Å². The van der Waals surface area contributed by atoms with Crippen LogP contribution >= 0.6 is 0 Å². The third kappa shape index (κ3) is 6.43. The van der Waals surface area contributed by atoms with Crippen molar-refractivity contribution in [3.8, 4) is 0 Å². The van der Waals surface area contributed by atoms with E-state index in [2.05, 4.69) is 3.98 Å². The minimum absolute atomic E-state index is 0.620. The zero-order valence-electron chi connectivity index (χ0n) is 4.69. The van der Waals surface area contributed by atoms with Gasteiger partial charge in [-0.25, -0.2) is 0 Å². The largest absolute Gasteiger partial charge is 0.507 e. The van der Waals surface area contributed by atoms with Crippen LogP contribution in [0.25, 0.3) is 0 Å². The summed E-state index contributed by atoms with van der Waals surface area (Å²) in [5.74, 6) is 0. The van der Waals surface area contributed by atoms with E-state index in [1.165, 1.54) is 0 Å². The molecule has 0 aromatic heterocycles. The van der Waals surface area contributed by atoms with Gasteiger partial charge in [0.05, 0.1) is 0 Å². The van der Waals surface area contributed by atoms with E-state index >= 15 is 0 Å². The molecule has 0 radical (unpaired) electrons. The van der Waals surface area contributed by atoms with Crippen molar-refractivity contribution in [2.45, 2.75) is 19.6 Å². The standard InChI is InChI=1S/C3H9ClO2Si/c1-7(2,3)6-4-5/h1-3H3. The minimum atomic E-state index is -1.53. The highest BCUT2D eigenvalue weighted by Gasteiger charge is 2.20. The Bertz CT molecular complexity index is 51.4. The smallest absolute Gasteiger partial charge is 0.317 e. The van der Waals surface area contributed by atoms with E-state index in [0.29, 0.717) is 11.3 Å². The van der Waals surface area contributed by atoms with Crippen LogP contribution < -0.4 is 4.66 Å². The summed E-state index contributed by atoms with van der Waals surface area (Å²) in [4.78, 5) is 0. The van der Waals surface area contributed by atoms with Crippen molar-refractivity contribution in [1.29, 1.82) is 0 Å². The molecule has 0 aliphatic rings. The second-order valence-corrected chi connectivity index (χ2v) is 7.22. The van der Waals surface area contributed by atoms with E-state index in [9.17, 15) is 4.66 Å². The van der Waals surface area contributed by atoms with Gasteiger partial charge < -0.3 is 4.66 Å². The van der Waals surface area contributed by atoms with E-state index in [1.54, 1.807) is 0 Å². The molecular weight excluding hydrogens is 132 g/mol. The first-order valence-electron chi connectivity index (χ1n) is 2.01. The zero-order valence-corrected chi connectivity index (χ0v) is 6.45. The van der Waals surface area contributed by atoms with Gasteiger partial charge in [0.2, 0.25) is 0 Å². The molecule has 0 aromatic carbocycles. The molecule has 0 heterocycles. The molecule has 0 aliphatic carbocycles. The second kappa shape index (κ2) is 2.67. The molecule has 2 nitrogen and oxygen atoms in total. The van der Waals surface area contributed by atoms with E-state index in [1.807, 2.05) is 19.6 Å². The fourth-order valence-corrected chi connectivity index (χ4v) is 0.850. The van der Waals surface area contributed by atoms with Crippen LogP contribution in [0.5, 0.6) is 0 Å². The predicted molar refractivity (Wildman–Crippen MR) is 24.4 cm³/mol. The van der Waals surface area contributed by atoms with Crippen molar-refractivity contribution in [3.05, 3.63) is 0 Å². The quantitative estimate of drug-likeness (QED) is 0.511. The fraction of sp³-hybridized carbons (Fsp3) is 1.00. The number of hydrogen-bond donors (Lipinski definition) is 0. The molecular formula is C3H9ClO2Si. The average molecular weight is 141 g/mol. The van der Waals surface area contributed by atoms with E-state index in [-0.39, 0.29) is 0 Å². The van der Waals surface area contributed by atoms with Crippen molar-refractivity contribution in [2.24, 2.45) is 0 Å². The maximum atomic E-state index is 9.62. The third-order valence-electron chi connectivity index (χ3n) is 0.263. The van der Waals surface area contributed by atoms with Crippen LogP contribution in [-0.2, 0) is 3.98 Å². The molecule has 0 aromatic rings. The molecule has 0 amide bonds. The summed E-state index contributed by atoms with van der Waals surface area (Å²) in [7, 11) is -1.53. The van der Waals surface area contributed by atoms with Crippen LogP contribution in [0.3, 0.4) is 0 Å². The summed E-state index contributed by atoms with van der Waals surface area (Å²) >= 11 is 0.620. The van der Waals surface area contributed by atoms with Gasteiger partial charge in [-0.15, -0.1) is 0 Å². The Kier molecular flexibility index (Phi) is 2.83. The van der Waals surface area contributed by atoms with Crippen LogP contribution in [-0.4, -0.2) is 8.32 Å². The lowest BCUT2D eigenvalue weighted by Gasteiger charge is -2.02. The van der Waals surface area contributed by atoms with Gasteiger partial charge >= 0.3 is 11.3 Å². The molecule has 0 spiro atoms. The molecule has 0 N–H and O–H groups in total. The van der Waals surface area contributed by atoms with Crippen molar-refractivity contribution in [3.63, 3.8) is 0 Å². The van der Waals surface area contributed by atoms with E-state index in [4.69, 9.17) is 0 Å². The highest BCUT2D eigenvalue weighted by Crippen LogP contribution is 1.99. The van der Waals surface area contributed by atoms with Crippen LogP contribution in [0.15, 0.2) is 0 Å². The first-order chi connectivity index (χ1) is 3.06. The molecule has 0 rings (SSSR count). The Morgan fingerprint density at radius 2 is 1.86 bits per heavy atom. The molecule has 4 heteroatoms. The summed E-state index contributed by atoms with van der Waals surface area (Å²) in [6, 6.07) is 0. The van der Waals surface area contributed by atoms with Gasteiger partial charge in [-0.2, -0.15) is 3.98 Å². The maximum absolute atomic E-state index is 9.62. The summed E-state index contributed by atoms with van der Waals surface area (Å²) < 4.78 is 14.3. The summed E-state index contributed by atoms with van der Waals surface area (Å²) in [5.41, 5.74) is 0. The van der Waals surface area contributed by atoms with Gasteiger partial charge in [0.25, 0.3) is 8.32 Å². The molecule has 0 saturated carbocycles. The Hall–Kier alpha value is 0.427. The molecule has 44 valence electrons. The van der Waals surface area contributed by atoms with Crippen molar-refractivity contribution in [1.82, 2.24) is 0 Å². The monoisotopic (exact) mass is 140 g/mol. The van der Waals surface area contributed by atoms with E-state index < -0.39 is 8.32 Å². The first-order valence-corrected chi connectivity index (χ1v) is 6.04. The van der Waals surface area contributed by atoms with Crippen molar-refractivity contribution < 1.29 is 20.0 Å². The second-order valence-electron chi connectivity index (χ2n) is 2.25. The molecule has 0 unspecified atom stereocenters. The highest BCUT2D eigenvalue weighted by molar-refractivity contribution is 6.69. The third-order valence-corrected chi connectivity index (χ3v) is 2.37. The van der Waals surface area contributed by atoms with Gasteiger partial charge in [-0.05, 0) is 19.6 Å². The lowest BCUT2D eigenvalue weighted by atomic mass is 11.8. The summed E-state index contributed by atoms with van der Waals surface area (Å²) in [6.45, 7) is 5.87. The summed E-state index contributed by atoms with van der Waals surface area (Å²) in [5, 5.41) is 0. The SMILES string of the molecule is C[Si](C)(C)O[Cl+][O-]. The molecule has 0 bridgehead atoms. The number of hydrogen-bond acceptors (Lipinski definition) is 2. The van der Waals surface area contributed by atoms with Gasteiger partial charge in [0, 0.05) is 0 Å². The van der Waals surface area contributed by atoms with Gasteiger partial charge in [0.1, 0.15) is 0 Å². The predicted octanol–water partition coefficient (Wildman–Crippen LogP) is 0.113. The van der Waals surface area contributed by atoms with Gasteiger partial charge in [-0.3, -0.25) is 0 Å². The van der Waals surface area contributed by atoms with Crippen molar-refractivity contribution in [2.75, 3.05) is 0 Å². The first kappa shape index (κ1) is 7.43. The Morgan fingerprint density at radius 3 is 1.86 bits per heavy atom. The molecule has 7 heavy (non-hydrogen) atoms. The lowest BCUT2D eigenvalue weighted by Crippen LogP contribution is -2.27. The normalized spacial score (nSPS) is 12.0. The molecule has 0 fully saturated rings. The van der Waals surface area contributed by atoms with Crippen molar-refractivity contribution >= 4 is 8.32 Å². The Labute approximate surface area is 48.7 Å². The Balaban J connectivity index is 3.15. The van der Waals surface area contributed by atoms with Crippen LogP contribution in [0.2, 0.25) is 19.6 Å². The lowest BCUT2D eigenvalue weighted by molar-refractivity contribution is -1.25. The average Bonchev–Trinajstić information content (AvgIpc) is 1.30. The van der Waals surface area contributed by atoms with Gasteiger partial charge in [0.15, 0.2) is 0 Å². The molecule has 0 aliphatic heterocycles. The highest BCUT2D eigenvalue weighted by atomic mass is 35.6. The summed E-state index contributed by atoms with van der Waals surface area (Å²) in [6.07, 6.45) is 0. The van der Waals surface area contributed by atoms with Crippen LogP contribution in [0.1, 0.15) is 0 Å². The van der Waals surface area contributed by atoms with Crippen LogP contribution in [0, 0.1) is 11.3 Å². The maximum Gasteiger partial charge on any atom is 0.317 e.